The van der Waals surface area contributed by atoms with Crippen molar-refractivity contribution in [2.75, 3.05) is 0 Å². The second-order valence-corrected chi connectivity index (χ2v) is 5.68. The van der Waals surface area contributed by atoms with Crippen LogP contribution in [-0.2, 0) is 13.2 Å². The molecule has 4 nitrogen and oxygen atoms in total. The van der Waals surface area contributed by atoms with Crippen LogP contribution in [0.25, 0.3) is 0 Å². The van der Waals surface area contributed by atoms with Crippen molar-refractivity contribution < 1.29 is 9.53 Å². The Labute approximate surface area is 138 Å². The SMILES string of the molecule is O=C(NCc1ccccc1)c1cccc(OCc2cscn2)c1. The average molecular weight is 324 g/mol. The van der Waals surface area contributed by atoms with Crippen molar-refractivity contribution in [3.63, 3.8) is 0 Å². The summed E-state index contributed by atoms with van der Waals surface area (Å²) in [4.78, 5) is 16.4. The second kappa shape index (κ2) is 7.56. The summed E-state index contributed by atoms with van der Waals surface area (Å²) in [5.74, 6) is 0.540. The molecule has 0 fully saturated rings. The zero-order chi connectivity index (χ0) is 15.9. The minimum atomic E-state index is -0.118. The van der Waals surface area contributed by atoms with E-state index in [1.165, 1.54) is 11.3 Å². The summed E-state index contributed by atoms with van der Waals surface area (Å²) < 4.78 is 5.67. The van der Waals surface area contributed by atoms with Gasteiger partial charge in [-0.05, 0) is 23.8 Å². The van der Waals surface area contributed by atoms with Crippen LogP contribution in [0.5, 0.6) is 5.75 Å². The third kappa shape index (κ3) is 4.40. The monoisotopic (exact) mass is 324 g/mol. The molecule has 3 aromatic rings. The van der Waals surface area contributed by atoms with Crippen LogP contribution in [0.15, 0.2) is 65.5 Å². The van der Waals surface area contributed by atoms with Gasteiger partial charge in [-0.25, -0.2) is 4.98 Å². The molecular formula is C18H16N2O2S. The highest BCUT2D eigenvalue weighted by atomic mass is 32.1. The summed E-state index contributed by atoms with van der Waals surface area (Å²) >= 11 is 1.53. The molecule has 2 aromatic carbocycles. The number of rotatable bonds is 6. The van der Waals surface area contributed by atoms with Crippen LogP contribution in [0.2, 0.25) is 0 Å². The topological polar surface area (TPSA) is 51.2 Å². The molecule has 0 atom stereocenters. The van der Waals surface area contributed by atoms with Crippen LogP contribution in [0.1, 0.15) is 21.6 Å². The quantitative estimate of drug-likeness (QED) is 0.753. The number of carbonyl (C=O) groups is 1. The molecule has 1 heterocycles. The van der Waals surface area contributed by atoms with E-state index < -0.39 is 0 Å². The Morgan fingerprint density at radius 2 is 2.00 bits per heavy atom. The summed E-state index contributed by atoms with van der Waals surface area (Å²) in [5, 5.41) is 4.85. The molecule has 0 saturated carbocycles. The summed E-state index contributed by atoms with van der Waals surface area (Å²) in [6, 6.07) is 17.0. The number of thiazole rings is 1. The van der Waals surface area contributed by atoms with Gasteiger partial charge in [0.15, 0.2) is 0 Å². The Balaban J connectivity index is 1.58. The maximum atomic E-state index is 12.2. The highest BCUT2D eigenvalue weighted by Gasteiger charge is 2.07. The van der Waals surface area contributed by atoms with Gasteiger partial charge < -0.3 is 10.1 Å². The number of aromatic nitrogens is 1. The van der Waals surface area contributed by atoms with Crippen molar-refractivity contribution in [2.45, 2.75) is 13.2 Å². The van der Waals surface area contributed by atoms with Crippen LogP contribution in [-0.4, -0.2) is 10.9 Å². The van der Waals surface area contributed by atoms with E-state index >= 15 is 0 Å². The standard InChI is InChI=1S/C18H16N2O2S/c21-18(19-10-14-5-2-1-3-6-14)15-7-4-8-17(9-15)22-11-16-12-23-13-20-16/h1-9,12-13H,10-11H2,(H,19,21). The minimum Gasteiger partial charge on any atom is -0.487 e. The number of carbonyl (C=O) groups excluding carboxylic acids is 1. The molecule has 0 aliphatic heterocycles. The molecule has 0 saturated heterocycles. The van der Waals surface area contributed by atoms with E-state index in [1.54, 1.807) is 17.6 Å². The lowest BCUT2D eigenvalue weighted by molar-refractivity contribution is 0.0950. The first-order valence-corrected chi connectivity index (χ1v) is 8.17. The maximum Gasteiger partial charge on any atom is 0.251 e. The van der Waals surface area contributed by atoms with E-state index in [2.05, 4.69) is 10.3 Å². The summed E-state index contributed by atoms with van der Waals surface area (Å²) in [6.45, 7) is 0.905. The molecule has 0 aliphatic carbocycles. The molecule has 3 rings (SSSR count). The molecule has 1 aromatic heterocycles. The van der Waals surface area contributed by atoms with Gasteiger partial charge in [-0.15, -0.1) is 11.3 Å². The lowest BCUT2D eigenvalue weighted by atomic mass is 10.2. The van der Waals surface area contributed by atoms with Crippen LogP contribution < -0.4 is 10.1 Å². The first kappa shape index (κ1) is 15.2. The second-order valence-electron chi connectivity index (χ2n) is 4.96. The predicted octanol–water partition coefficient (Wildman–Crippen LogP) is 3.65. The molecule has 116 valence electrons. The van der Waals surface area contributed by atoms with Crippen molar-refractivity contribution >= 4 is 17.2 Å². The number of nitrogens with zero attached hydrogens (tertiary/aromatic N) is 1. The maximum absolute atomic E-state index is 12.2. The number of nitrogens with one attached hydrogen (secondary N) is 1. The molecule has 0 aliphatic rings. The van der Waals surface area contributed by atoms with Crippen molar-refractivity contribution in [2.24, 2.45) is 0 Å². The lowest BCUT2D eigenvalue weighted by Gasteiger charge is -2.08. The first-order chi connectivity index (χ1) is 11.3. The average Bonchev–Trinajstić information content (AvgIpc) is 3.12. The lowest BCUT2D eigenvalue weighted by Crippen LogP contribution is -2.22. The molecule has 0 radical (unpaired) electrons. The number of hydrogen-bond acceptors (Lipinski definition) is 4. The van der Waals surface area contributed by atoms with Gasteiger partial charge in [0.2, 0.25) is 0 Å². The van der Waals surface area contributed by atoms with Crippen molar-refractivity contribution in [1.82, 2.24) is 10.3 Å². The Kier molecular flexibility index (Phi) is 5.01. The zero-order valence-electron chi connectivity index (χ0n) is 12.4. The Morgan fingerprint density at radius 3 is 2.78 bits per heavy atom. The Hall–Kier alpha value is -2.66. The van der Waals surface area contributed by atoms with E-state index in [9.17, 15) is 4.79 Å². The van der Waals surface area contributed by atoms with Crippen molar-refractivity contribution in [3.05, 3.63) is 82.3 Å². The van der Waals surface area contributed by atoms with Gasteiger partial charge in [0.25, 0.3) is 5.91 Å². The predicted molar refractivity (Wildman–Crippen MR) is 90.5 cm³/mol. The van der Waals surface area contributed by atoms with Gasteiger partial charge in [-0.1, -0.05) is 36.4 Å². The zero-order valence-corrected chi connectivity index (χ0v) is 13.3. The number of ether oxygens (including phenoxy) is 1. The highest BCUT2D eigenvalue weighted by molar-refractivity contribution is 7.07. The Bertz CT molecular complexity index is 758. The summed E-state index contributed by atoms with van der Waals surface area (Å²) in [7, 11) is 0. The highest BCUT2D eigenvalue weighted by Crippen LogP contribution is 2.15. The number of benzene rings is 2. The fourth-order valence-electron chi connectivity index (χ4n) is 2.07. The normalized spacial score (nSPS) is 10.3. The molecule has 0 spiro atoms. The largest absolute Gasteiger partial charge is 0.487 e. The van der Waals surface area contributed by atoms with Crippen LogP contribution >= 0.6 is 11.3 Å². The molecule has 0 unspecified atom stereocenters. The molecule has 1 N–H and O–H groups in total. The van der Waals surface area contributed by atoms with E-state index in [-0.39, 0.29) is 5.91 Å². The van der Waals surface area contributed by atoms with Gasteiger partial charge in [0.05, 0.1) is 11.2 Å². The van der Waals surface area contributed by atoms with E-state index in [0.29, 0.717) is 24.5 Å². The van der Waals surface area contributed by atoms with Gasteiger partial charge >= 0.3 is 0 Å². The summed E-state index contributed by atoms with van der Waals surface area (Å²) in [6.07, 6.45) is 0. The molecular weight excluding hydrogens is 308 g/mol. The molecule has 5 heteroatoms. The minimum absolute atomic E-state index is 0.118. The van der Waals surface area contributed by atoms with E-state index in [4.69, 9.17) is 4.74 Å². The fraction of sp³-hybridized carbons (Fsp3) is 0.111. The van der Waals surface area contributed by atoms with Gasteiger partial charge in [0.1, 0.15) is 12.4 Å². The summed E-state index contributed by atoms with van der Waals surface area (Å²) in [5.41, 5.74) is 4.30. The first-order valence-electron chi connectivity index (χ1n) is 7.23. The third-order valence-electron chi connectivity index (χ3n) is 3.26. The van der Waals surface area contributed by atoms with Crippen LogP contribution in [0.3, 0.4) is 0 Å². The molecule has 1 amide bonds. The van der Waals surface area contributed by atoms with Gasteiger partial charge in [-0.3, -0.25) is 4.79 Å². The van der Waals surface area contributed by atoms with Gasteiger partial charge in [0, 0.05) is 17.5 Å². The van der Waals surface area contributed by atoms with Crippen molar-refractivity contribution in [3.8, 4) is 5.75 Å². The molecule has 0 bridgehead atoms. The third-order valence-corrected chi connectivity index (χ3v) is 3.90. The number of amides is 1. The smallest absolute Gasteiger partial charge is 0.251 e. The van der Waals surface area contributed by atoms with Crippen LogP contribution in [0, 0.1) is 0 Å². The van der Waals surface area contributed by atoms with E-state index in [1.807, 2.05) is 47.8 Å². The van der Waals surface area contributed by atoms with Crippen LogP contribution in [0.4, 0.5) is 0 Å². The number of hydrogen-bond donors (Lipinski definition) is 1. The Morgan fingerprint density at radius 1 is 1.13 bits per heavy atom. The van der Waals surface area contributed by atoms with Crippen molar-refractivity contribution in [1.29, 1.82) is 0 Å². The fourth-order valence-corrected chi connectivity index (χ4v) is 2.62. The molecule has 23 heavy (non-hydrogen) atoms. The van der Waals surface area contributed by atoms with E-state index in [0.717, 1.165) is 11.3 Å². The van der Waals surface area contributed by atoms with Gasteiger partial charge in [-0.2, -0.15) is 0 Å².